The highest BCUT2D eigenvalue weighted by molar-refractivity contribution is 9.10. The van der Waals surface area contributed by atoms with E-state index in [4.69, 9.17) is 9.47 Å². The number of aromatic nitrogens is 2. The minimum Gasteiger partial charge on any atom is -0.379 e. The van der Waals surface area contributed by atoms with Gasteiger partial charge in [0.15, 0.2) is 0 Å². The van der Waals surface area contributed by atoms with Crippen LogP contribution in [0.1, 0.15) is 123 Å². The summed E-state index contributed by atoms with van der Waals surface area (Å²) in [6.45, 7) is 2.12. The van der Waals surface area contributed by atoms with Gasteiger partial charge in [-0.15, -0.1) is 0 Å². The fourth-order valence-electron chi connectivity index (χ4n) is 11.7. The Morgan fingerprint density at radius 1 is 0.827 bits per heavy atom. The third kappa shape index (κ3) is 14.5. The quantitative estimate of drug-likeness (QED) is 0.0804. The highest BCUT2D eigenvalue weighted by atomic mass is 79.9. The number of rotatable bonds is 22. The molecule has 1 saturated heterocycles. The van der Waals surface area contributed by atoms with E-state index >= 15 is 0 Å². The first-order chi connectivity index (χ1) is 36.1. The Morgan fingerprint density at radius 3 is 2.39 bits per heavy atom. The van der Waals surface area contributed by atoms with Gasteiger partial charge in [-0.25, -0.2) is 0 Å². The molecule has 17 nitrogen and oxygen atoms in total. The Morgan fingerprint density at radius 2 is 1.61 bits per heavy atom. The molecule has 8 rings (SSSR count). The summed E-state index contributed by atoms with van der Waals surface area (Å²) in [6.07, 6.45) is 7.06. The van der Waals surface area contributed by atoms with Gasteiger partial charge in [-0.1, -0.05) is 28.1 Å². The van der Waals surface area contributed by atoms with Gasteiger partial charge >= 0.3 is 6.18 Å². The van der Waals surface area contributed by atoms with Crippen molar-refractivity contribution < 1.29 is 51.4 Å². The Balaban J connectivity index is 0.695. The molecule has 5 atom stereocenters. The summed E-state index contributed by atoms with van der Waals surface area (Å²) in [6, 6.07) is 10.8. The number of nitrogens with zero attached hydrogens (tertiary/aromatic N) is 4. The molecule has 21 heteroatoms. The molecule has 0 spiro atoms. The zero-order chi connectivity index (χ0) is 53.1. The minimum atomic E-state index is -4.54. The Labute approximate surface area is 444 Å². The highest BCUT2D eigenvalue weighted by Crippen LogP contribution is 2.46. The first-order valence-corrected chi connectivity index (χ1v) is 27.2. The molecular weight excluding hydrogens is 1040 g/mol. The van der Waals surface area contributed by atoms with Crippen LogP contribution in [-0.4, -0.2) is 127 Å². The number of aryl methyl sites for hydroxylation is 1. The van der Waals surface area contributed by atoms with Crippen LogP contribution in [-0.2, 0) is 63.8 Å². The second-order valence-corrected chi connectivity index (χ2v) is 21.6. The fraction of sp³-hybridized carbons (Fsp3) is 0.593. The van der Waals surface area contributed by atoms with E-state index in [1.165, 1.54) is 11.1 Å². The van der Waals surface area contributed by atoms with Crippen molar-refractivity contribution in [1.29, 1.82) is 0 Å². The summed E-state index contributed by atoms with van der Waals surface area (Å²) in [5.74, 6) is -1.78. The van der Waals surface area contributed by atoms with E-state index in [0.29, 0.717) is 75.7 Å². The number of hydrogen-bond donors (Lipinski definition) is 5. The smallest absolute Gasteiger partial charge is 0.379 e. The van der Waals surface area contributed by atoms with Gasteiger partial charge in [-0.2, -0.15) is 13.2 Å². The van der Waals surface area contributed by atoms with Crippen LogP contribution in [0.2, 0.25) is 0 Å². The van der Waals surface area contributed by atoms with Crippen LogP contribution in [0.4, 0.5) is 13.2 Å². The van der Waals surface area contributed by atoms with Crippen molar-refractivity contribution in [3.63, 3.8) is 0 Å². The van der Waals surface area contributed by atoms with Crippen molar-refractivity contribution in [2.45, 2.75) is 127 Å². The molecule has 0 bridgehead atoms. The van der Waals surface area contributed by atoms with Crippen molar-refractivity contribution in [2.75, 3.05) is 59.7 Å². The van der Waals surface area contributed by atoms with Gasteiger partial charge < -0.3 is 45.9 Å². The van der Waals surface area contributed by atoms with Crippen molar-refractivity contribution in [2.24, 2.45) is 17.3 Å². The number of hydrogen-bond acceptors (Lipinski definition) is 11. The number of carbonyl (C=O) groups excluding carboxylic acids is 6. The summed E-state index contributed by atoms with van der Waals surface area (Å²) in [4.78, 5) is 90.1. The lowest BCUT2D eigenvalue weighted by Crippen LogP contribution is -2.47. The van der Waals surface area contributed by atoms with Gasteiger partial charge in [-0.05, 0) is 111 Å². The van der Waals surface area contributed by atoms with Crippen LogP contribution >= 0.6 is 15.9 Å². The minimum absolute atomic E-state index is 0.0555. The lowest BCUT2D eigenvalue weighted by molar-refractivity contribution is -0.144. The van der Waals surface area contributed by atoms with Crippen LogP contribution in [0, 0.1) is 17.3 Å². The highest BCUT2D eigenvalue weighted by Gasteiger charge is 2.48. The standard InChI is InChI=1S/C54H69BrF3N9O8/c1-66-48(70)29-43(49(66)36-3-2-18-59-31-36)51(72)61-19-13-46(68)60-21-24-75-26-25-74-23-15-47(69)65-40-8-4-34(5-9-40)50(71)62-20-17-53(16-12-41(30-53)64-45-11-6-35-28-39(55)7-10-42(35)45)52(73)67-22-14-44-37(33-67)27-38(32-63-44)54(56,57)58/h2-3,7,10,18,27-28,31-32,34,40-41,43,45,49,64H,4-6,8-9,11-17,19-26,29-30,33H2,1H3,(H,60,68)(H,61,72)(H,62,71)(H,65,69)/t34?,40?,41-,43+,45-,49-,53-/m1/s1. The molecule has 3 aliphatic carbocycles. The summed E-state index contributed by atoms with van der Waals surface area (Å²) in [5, 5.41) is 15.6. The van der Waals surface area contributed by atoms with Gasteiger partial charge in [0.1, 0.15) is 0 Å². The maximum atomic E-state index is 14.7. The molecule has 2 saturated carbocycles. The zero-order valence-corrected chi connectivity index (χ0v) is 44.1. The third-order valence-electron chi connectivity index (χ3n) is 15.7. The summed E-state index contributed by atoms with van der Waals surface area (Å²) in [7, 11) is 1.67. The first kappa shape index (κ1) is 55.7. The van der Waals surface area contributed by atoms with Crippen LogP contribution in [0.25, 0.3) is 0 Å². The second kappa shape index (κ2) is 25.6. The number of amides is 6. The molecule has 0 radical (unpaired) electrons. The zero-order valence-electron chi connectivity index (χ0n) is 42.5. The van der Waals surface area contributed by atoms with Gasteiger partial charge in [0.05, 0.1) is 49.4 Å². The lowest BCUT2D eigenvalue weighted by atomic mass is 9.80. The van der Waals surface area contributed by atoms with E-state index in [2.05, 4.69) is 64.6 Å². The molecule has 3 fully saturated rings. The monoisotopic (exact) mass is 1110 g/mol. The number of alkyl halides is 3. The topological polar surface area (TPSA) is 213 Å². The number of benzene rings is 1. The normalized spacial score (nSPS) is 24.4. The van der Waals surface area contributed by atoms with Crippen molar-refractivity contribution in [3.05, 3.63) is 93.0 Å². The Bertz CT molecular complexity index is 2520. The van der Waals surface area contributed by atoms with E-state index < -0.39 is 29.1 Å². The predicted octanol–water partition coefficient (Wildman–Crippen LogP) is 5.41. The van der Waals surface area contributed by atoms with E-state index in [1.807, 2.05) is 12.1 Å². The lowest BCUT2D eigenvalue weighted by Gasteiger charge is -2.37. The fourth-order valence-corrected chi connectivity index (χ4v) is 12.1. The number of halogens is 4. The number of ether oxygens (including phenoxy) is 2. The average Bonchev–Trinajstić information content (AvgIpc) is 4.10. The van der Waals surface area contributed by atoms with Crippen molar-refractivity contribution in [3.8, 4) is 0 Å². The molecule has 0 unspecified atom stereocenters. The number of fused-ring (bicyclic) bond motifs is 2. The predicted molar refractivity (Wildman–Crippen MR) is 273 cm³/mol. The van der Waals surface area contributed by atoms with Crippen molar-refractivity contribution >= 4 is 51.4 Å². The molecule has 4 heterocycles. The van der Waals surface area contributed by atoms with Gasteiger partial charge in [-0.3, -0.25) is 38.7 Å². The van der Waals surface area contributed by atoms with E-state index in [0.717, 1.165) is 41.6 Å². The molecule has 5 N–H and O–H groups in total. The molecule has 5 aliphatic rings. The molecule has 75 heavy (non-hydrogen) atoms. The van der Waals surface area contributed by atoms with E-state index in [1.54, 1.807) is 35.3 Å². The summed E-state index contributed by atoms with van der Waals surface area (Å²) < 4.78 is 53.1. The first-order valence-electron chi connectivity index (χ1n) is 26.4. The van der Waals surface area contributed by atoms with Crippen LogP contribution in [0.15, 0.2) is 59.5 Å². The van der Waals surface area contributed by atoms with Crippen molar-refractivity contribution in [1.82, 2.24) is 46.4 Å². The SMILES string of the molecule is CN1C(=O)C[C@H](C(=O)NCCC(=O)NCCOCCOCCC(=O)NC2CCC(C(=O)NCC[C@]3(C(=O)N4CCc5ncc(C(F)(F)F)cc5C4)CC[C@@H](N[C@@H]4CCc5cc(Br)ccc54)C3)CC2)[C@H]1c1cccnc1. The van der Waals surface area contributed by atoms with Crippen LogP contribution in [0.3, 0.4) is 0 Å². The Kier molecular flexibility index (Phi) is 19.0. The second-order valence-electron chi connectivity index (χ2n) is 20.7. The largest absolute Gasteiger partial charge is 0.417 e. The van der Waals surface area contributed by atoms with Gasteiger partial charge in [0, 0.05) is 118 Å². The summed E-state index contributed by atoms with van der Waals surface area (Å²) >= 11 is 3.58. The number of nitrogens with one attached hydrogen (secondary N) is 5. The molecule has 2 aliphatic heterocycles. The van der Waals surface area contributed by atoms with Crippen LogP contribution in [0.5, 0.6) is 0 Å². The third-order valence-corrected chi connectivity index (χ3v) is 16.2. The molecule has 1 aromatic carbocycles. The molecule has 2 aromatic heterocycles. The van der Waals surface area contributed by atoms with Gasteiger partial charge in [0.25, 0.3) is 0 Å². The Hall–Kier alpha value is -5.51. The molecule has 3 aromatic rings. The summed E-state index contributed by atoms with van der Waals surface area (Å²) in [5.41, 5.74) is 2.71. The molecule has 6 amide bonds. The van der Waals surface area contributed by atoms with E-state index in [-0.39, 0.29) is 125 Å². The number of pyridine rings is 2. The van der Waals surface area contributed by atoms with Gasteiger partial charge in [0.2, 0.25) is 35.4 Å². The maximum Gasteiger partial charge on any atom is 0.417 e. The van der Waals surface area contributed by atoms with Crippen LogP contribution < -0.4 is 26.6 Å². The maximum absolute atomic E-state index is 14.7. The number of carbonyl (C=O) groups is 6. The molecule has 406 valence electrons. The molecular formula is C54H69BrF3N9O8. The average molecular weight is 1110 g/mol. The van der Waals surface area contributed by atoms with E-state index in [9.17, 15) is 41.9 Å². The number of likely N-dealkylation sites (tertiary alicyclic amines) is 1.